The van der Waals surface area contributed by atoms with E-state index in [0.717, 1.165) is 16.9 Å². The maximum Gasteiger partial charge on any atom is 0.258 e. The van der Waals surface area contributed by atoms with Gasteiger partial charge < -0.3 is 10.1 Å². The first-order chi connectivity index (χ1) is 9.65. The van der Waals surface area contributed by atoms with Gasteiger partial charge >= 0.3 is 0 Å². The van der Waals surface area contributed by atoms with E-state index in [1.54, 1.807) is 6.07 Å². The Morgan fingerprint density at radius 2 is 2.00 bits per heavy atom. The zero-order chi connectivity index (χ0) is 14.4. The number of benzene rings is 2. The maximum absolute atomic E-state index is 11.7. The summed E-state index contributed by atoms with van der Waals surface area (Å²) in [5.74, 6) is 0.568. The Hall–Kier alpha value is -2.00. The van der Waals surface area contributed by atoms with Gasteiger partial charge in [-0.25, -0.2) is 0 Å². The van der Waals surface area contributed by atoms with Crippen molar-refractivity contribution in [3.05, 3.63) is 64.7 Å². The van der Waals surface area contributed by atoms with Gasteiger partial charge in [-0.2, -0.15) is 0 Å². The van der Waals surface area contributed by atoms with Gasteiger partial charge in [0.15, 0.2) is 6.61 Å². The lowest BCUT2D eigenvalue weighted by Gasteiger charge is -2.09. The number of amides is 1. The Morgan fingerprint density at radius 3 is 2.75 bits per heavy atom. The molecule has 4 heteroatoms. The Labute approximate surface area is 123 Å². The van der Waals surface area contributed by atoms with Gasteiger partial charge in [0.1, 0.15) is 5.75 Å². The summed E-state index contributed by atoms with van der Waals surface area (Å²) >= 11 is 5.88. The Kier molecular flexibility index (Phi) is 5.02. The van der Waals surface area contributed by atoms with Crippen molar-refractivity contribution in [3.63, 3.8) is 0 Å². The molecule has 2 aromatic carbocycles. The number of para-hydroxylation sites is 1. The van der Waals surface area contributed by atoms with Crippen LogP contribution in [0.2, 0.25) is 5.02 Å². The number of rotatable bonds is 5. The number of hydrogen-bond donors (Lipinski definition) is 1. The van der Waals surface area contributed by atoms with E-state index in [4.69, 9.17) is 16.3 Å². The molecule has 0 heterocycles. The molecule has 3 nitrogen and oxygen atoms in total. The molecule has 0 aliphatic heterocycles. The fourth-order valence-corrected chi connectivity index (χ4v) is 1.97. The molecule has 104 valence electrons. The standard InChI is InChI=1S/C16H16ClNO2/c1-12-5-2-3-8-15(12)20-11-16(19)18-10-13-6-4-7-14(17)9-13/h2-9H,10-11H2,1H3,(H,18,19). The van der Waals surface area contributed by atoms with E-state index in [1.807, 2.05) is 49.4 Å². The molecule has 0 radical (unpaired) electrons. The first-order valence-corrected chi connectivity index (χ1v) is 6.72. The van der Waals surface area contributed by atoms with Crippen molar-refractivity contribution >= 4 is 17.5 Å². The average Bonchev–Trinajstić information content (AvgIpc) is 2.44. The van der Waals surface area contributed by atoms with Crippen LogP contribution < -0.4 is 10.1 Å². The first-order valence-electron chi connectivity index (χ1n) is 6.35. The second-order valence-corrected chi connectivity index (χ2v) is 4.90. The summed E-state index contributed by atoms with van der Waals surface area (Å²) < 4.78 is 5.47. The maximum atomic E-state index is 11.7. The molecule has 0 fully saturated rings. The Bertz CT molecular complexity index is 599. The monoisotopic (exact) mass is 289 g/mol. The highest BCUT2D eigenvalue weighted by molar-refractivity contribution is 6.30. The van der Waals surface area contributed by atoms with Crippen molar-refractivity contribution in [2.75, 3.05) is 6.61 Å². The van der Waals surface area contributed by atoms with Crippen LogP contribution in [0.1, 0.15) is 11.1 Å². The van der Waals surface area contributed by atoms with Crippen LogP contribution in [0.3, 0.4) is 0 Å². The van der Waals surface area contributed by atoms with Crippen molar-refractivity contribution in [2.45, 2.75) is 13.5 Å². The molecule has 0 saturated heterocycles. The van der Waals surface area contributed by atoms with E-state index in [0.29, 0.717) is 11.6 Å². The van der Waals surface area contributed by atoms with Crippen molar-refractivity contribution < 1.29 is 9.53 Å². The summed E-state index contributed by atoms with van der Waals surface area (Å²) in [5, 5.41) is 3.45. The van der Waals surface area contributed by atoms with Crippen molar-refractivity contribution in [2.24, 2.45) is 0 Å². The van der Waals surface area contributed by atoms with E-state index in [2.05, 4.69) is 5.32 Å². The SMILES string of the molecule is Cc1ccccc1OCC(=O)NCc1cccc(Cl)c1. The summed E-state index contributed by atoms with van der Waals surface area (Å²) in [4.78, 5) is 11.7. The molecule has 2 aromatic rings. The van der Waals surface area contributed by atoms with E-state index < -0.39 is 0 Å². The lowest BCUT2D eigenvalue weighted by molar-refractivity contribution is -0.123. The molecule has 1 amide bonds. The third-order valence-corrected chi connectivity index (χ3v) is 3.07. The van der Waals surface area contributed by atoms with Gasteiger partial charge in [-0.05, 0) is 36.2 Å². The summed E-state index contributed by atoms with van der Waals surface area (Å²) in [7, 11) is 0. The third-order valence-electron chi connectivity index (χ3n) is 2.83. The molecule has 0 aliphatic carbocycles. The lowest BCUT2D eigenvalue weighted by Crippen LogP contribution is -2.28. The number of ether oxygens (including phenoxy) is 1. The van der Waals surface area contributed by atoms with Gasteiger partial charge in [-0.1, -0.05) is 41.9 Å². The van der Waals surface area contributed by atoms with Crippen molar-refractivity contribution in [1.29, 1.82) is 0 Å². The van der Waals surface area contributed by atoms with Gasteiger partial charge in [0.05, 0.1) is 0 Å². The van der Waals surface area contributed by atoms with Gasteiger partial charge in [0, 0.05) is 11.6 Å². The van der Waals surface area contributed by atoms with Gasteiger partial charge in [0.25, 0.3) is 5.91 Å². The number of aryl methyl sites for hydroxylation is 1. The van der Waals surface area contributed by atoms with Crippen LogP contribution in [0.25, 0.3) is 0 Å². The zero-order valence-electron chi connectivity index (χ0n) is 11.2. The minimum atomic E-state index is -0.159. The number of hydrogen-bond acceptors (Lipinski definition) is 2. The van der Waals surface area contributed by atoms with Crippen LogP contribution in [0.15, 0.2) is 48.5 Å². The average molecular weight is 290 g/mol. The summed E-state index contributed by atoms with van der Waals surface area (Å²) in [6.07, 6.45) is 0. The minimum Gasteiger partial charge on any atom is -0.484 e. The van der Waals surface area contributed by atoms with Gasteiger partial charge in [-0.3, -0.25) is 4.79 Å². The van der Waals surface area contributed by atoms with Crippen LogP contribution in [0.4, 0.5) is 0 Å². The van der Waals surface area contributed by atoms with Crippen molar-refractivity contribution in [3.8, 4) is 5.75 Å². The topological polar surface area (TPSA) is 38.3 Å². The highest BCUT2D eigenvalue weighted by atomic mass is 35.5. The van der Waals surface area contributed by atoms with Gasteiger partial charge in [-0.15, -0.1) is 0 Å². The second-order valence-electron chi connectivity index (χ2n) is 4.46. The normalized spacial score (nSPS) is 10.1. The van der Waals surface area contributed by atoms with E-state index >= 15 is 0 Å². The summed E-state index contributed by atoms with van der Waals surface area (Å²) in [5.41, 5.74) is 1.97. The van der Waals surface area contributed by atoms with E-state index in [9.17, 15) is 4.79 Å². The fraction of sp³-hybridized carbons (Fsp3) is 0.188. The molecule has 2 rings (SSSR count). The molecule has 0 aliphatic rings. The molecule has 0 unspecified atom stereocenters. The van der Waals surface area contributed by atoms with Crippen LogP contribution >= 0.6 is 11.6 Å². The molecule has 1 N–H and O–H groups in total. The predicted octanol–water partition coefficient (Wildman–Crippen LogP) is 3.34. The van der Waals surface area contributed by atoms with E-state index in [1.165, 1.54) is 0 Å². The quantitative estimate of drug-likeness (QED) is 0.917. The van der Waals surface area contributed by atoms with Crippen molar-refractivity contribution in [1.82, 2.24) is 5.32 Å². The van der Waals surface area contributed by atoms with Crippen LogP contribution in [0.5, 0.6) is 5.75 Å². The lowest BCUT2D eigenvalue weighted by atomic mass is 10.2. The summed E-state index contributed by atoms with van der Waals surface area (Å²) in [6, 6.07) is 15.0. The molecule has 0 aromatic heterocycles. The number of carbonyl (C=O) groups is 1. The molecular formula is C16H16ClNO2. The number of nitrogens with one attached hydrogen (secondary N) is 1. The minimum absolute atomic E-state index is 0.00538. The Balaban J connectivity index is 1.80. The Morgan fingerprint density at radius 1 is 1.20 bits per heavy atom. The predicted molar refractivity (Wildman–Crippen MR) is 80.0 cm³/mol. The number of carbonyl (C=O) groups excluding carboxylic acids is 1. The van der Waals surface area contributed by atoms with Crippen LogP contribution in [-0.4, -0.2) is 12.5 Å². The first kappa shape index (κ1) is 14.4. The largest absolute Gasteiger partial charge is 0.484 e. The highest BCUT2D eigenvalue weighted by Crippen LogP contribution is 2.15. The third kappa shape index (κ3) is 4.28. The van der Waals surface area contributed by atoms with E-state index in [-0.39, 0.29) is 12.5 Å². The molecular weight excluding hydrogens is 274 g/mol. The molecule has 0 spiro atoms. The van der Waals surface area contributed by atoms with Gasteiger partial charge in [0.2, 0.25) is 0 Å². The summed E-state index contributed by atoms with van der Waals surface area (Å²) in [6.45, 7) is 2.39. The second kappa shape index (κ2) is 6.96. The zero-order valence-corrected chi connectivity index (χ0v) is 12.0. The fourth-order valence-electron chi connectivity index (χ4n) is 1.76. The molecule has 0 atom stereocenters. The number of halogens is 1. The van der Waals surface area contributed by atoms with Crippen LogP contribution in [-0.2, 0) is 11.3 Å². The highest BCUT2D eigenvalue weighted by Gasteiger charge is 2.04. The van der Waals surface area contributed by atoms with Crippen LogP contribution in [0, 0.1) is 6.92 Å². The smallest absolute Gasteiger partial charge is 0.258 e. The molecule has 20 heavy (non-hydrogen) atoms. The molecule has 0 saturated carbocycles. The molecule has 0 bridgehead atoms.